The fourth-order valence-corrected chi connectivity index (χ4v) is 4.33. The minimum Gasteiger partial charge on any atom is -0.353 e. The number of rotatable bonds is 4. The molecule has 2 bridgehead atoms. The van der Waals surface area contributed by atoms with Gasteiger partial charge in [-0.3, -0.25) is 4.79 Å². The second-order valence-corrected chi connectivity index (χ2v) is 6.54. The fourth-order valence-electron chi connectivity index (χ4n) is 4.33. The molecule has 0 aromatic rings. The van der Waals surface area contributed by atoms with Crippen LogP contribution in [-0.2, 0) is 4.79 Å². The Morgan fingerprint density at radius 1 is 1.06 bits per heavy atom. The van der Waals surface area contributed by atoms with E-state index in [2.05, 4.69) is 5.32 Å². The second-order valence-electron chi connectivity index (χ2n) is 6.54. The van der Waals surface area contributed by atoms with Crippen LogP contribution in [0.5, 0.6) is 0 Å². The lowest BCUT2D eigenvalue weighted by Gasteiger charge is -2.23. The Bertz CT molecular complexity index is 283. The summed E-state index contributed by atoms with van der Waals surface area (Å²) in [7, 11) is 0. The van der Waals surface area contributed by atoms with Crippen LogP contribution >= 0.6 is 0 Å². The maximum absolute atomic E-state index is 11.9. The van der Waals surface area contributed by atoms with Gasteiger partial charge in [0.05, 0.1) is 0 Å². The van der Waals surface area contributed by atoms with Crippen molar-refractivity contribution in [3.63, 3.8) is 0 Å². The molecule has 0 heterocycles. The molecule has 0 saturated heterocycles. The van der Waals surface area contributed by atoms with Gasteiger partial charge in [0.2, 0.25) is 5.91 Å². The first kappa shape index (κ1) is 11.6. The van der Waals surface area contributed by atoms with Crippen molar-refractivity contribution in [3.8, 4) is 0 Å². The van der Waals surface area contributed by atoms with Gasteiger partial charge in [-0.15, -0.1) is 0 Å². The third kappa shape index (κ3) is 2.66. The van der Waals surface area contributed by atoms with Gasteiger partial charge in [-0.05, 0) is 43.4 Å². The minimum absolute atomic E-state index is 0.328. The van der Waals surface area contributed by atoms with E-state index < -0.39 is 0 Å². The maximum Gasteiger partial charge on any atom is 0.220 e. The topological polar surface area (TPSA) is 29.1 Å². The third-order valence-corrected chi connectivity index (χ3v) is 5.34. The summed E-state index contributed by atoms with van der Waals surface area (Å²) in [4.78, 5) is 11.9. The predicted molar refractivity (Wildman–Crippen MR) is 68.6 cm³/mol. The highest BCUT2D eigenvalue weighted by molar-refractivity contribution is 5.76. The van der Waals surface area contributed by atoms with E-state index >= 15 is 0 Å². The van der Waals surface area contributed by atoms with Crippen LogP contribution in [0.3, 0.4) is 0 Å². The number of carbonyl (C=O) groups excluding carboxylic acids is 1. The van der Waals surface area contributed by atoms with Gasteiger partial charge in [0.1, 0.15) is 0 Å². The van der Waals surface area contributed by atoms with Crippen molar-refractivity contribution in [3.05, 3.63) is 0 Å². The van der Waals surface area contributed by atoms with Crippen molar-refractivity contribution in [2.24, 2.45) is 17.8 Å². The van der Waals surface area contributed by atoms with Crippen LogP contribution in [0.4, 0.5) is 0 Å². The Morgan fingerprint density at radius 2 is 1.88 bits per heavy atom. The minimum atomic E-state index is 0.328. The molecule has 1 N–H and O–H groups in total. The second kappa shape index (κ2) is 4.99. The predicted octanol–water partition coefficient (Wildman–Crippen LogP) is 3.26. The monoisotopic (exact) mass is 235 g/mol. The van der Waals surface area contributed by atoms with Crippen molar-refractivity contribution in [2.45, 2.75) is 70.3 Å². The summed E-state index contributed by atoms with van der Waals surface area (Å²) in [5.74, 6) is 2.92. The normalized spacial score (nSPS) is 36.6. The van der Waals surface area contributed by atoms with Crippen LogP contribution in [0.15, 0.2) is 0 Å². The summed E-state index contributed by atoms with van der Waals surface area (Å²) in [6.07, 6.45) is 12.8. The standard InChI is InChI=1S/C15H25NO/c17-15(8-6-11-3-1-2-4-11)16-14-10-12-5-7-13(14)9-12/h11-14H,1-10H2,(H,16,17). The number of nitrogens with one attached hydrogen (secondary N) is 1. The molecule has 3 aliphatic carbocycles. The van der Waals surface area contributed by atoms with Gasteiger partial charge in [0, 0.05) is 12.5 Å². The summed E-state index contributed by atoms with van der Waals surface area (Å²) < 4.78 is 0. The van der Waals surface area contributed by atoms with Crippen molar-refractivity contribution < 1.29 is 4.79 Å². The van der Waals surface area contributed by atoms with Gasteiger partial charge in [-0.25, -0.2) is 0 Å². The molecule has 3 atom stereocenters. The Hall–Kier alpha value is -0.530. The molecule has 1 amide bonds. The van der Waals surface area contributed by atoms with E-state index in [9.17, 15) is 4.79 Å². The zero-order valence-corrected chi connectivity index (χ0v) is 10.8. The summed E-state index contributed by atoms with van der Waals surface area (Å²) in [5, 5.41) is 3.30. The lowest BCUT2D eigenvalue weighted by atomic mass is 9.95. The molecule has 96 valence electrons. The Labute approximate surface area is 105 Å². The molecule has 3 saturated carbocycles. The molecule has 0 radical (unpaired) electrons. The Kier molecular flexibility index (Phi) is 3.39. The fraction of sp³-hybridized carbons (Fsp3) is 0.933. The molecule has 17 heavy (non-hydrogen) atoms. The molecular weight excluding hydrogens is 210 g/mol. The molecule has 0 aromatic carbocycles. The molecule has 2 heteroatoms. The lowest BCUT2D eigenvalue weighted by Crippen LogP contribution is -2.38. The molecular formula is C15H25NO. The van der Waals surface area contributed by atoms with Crippen molar-refractivity contribution in [2.75, 3.05) is 0 Å². The number of hydrogen-bond acceptors (Lipinski definition) is 1. The molecule has 0 aromatic heterocycles. The van der Waals surface area contributed by atoms with E-state index in [1.807, 2.05) is 0 Å². The van der Waals surface area contributed by atoms with Gasteiger partial charge in [0.15, 0.2) is 0 Å². The Balaban J connectivity index is 1.38. The van der Waals surface area contributed by atoms with Crippen LogP contribution in [-0.4, -0.2) is 11.9 Å². The smallest absolute Gasteiger partial charge is 0.220 e. The van der Waals surface area contributed by atoms with Gasteiger partial charge in [-0.2, -0.15) is 0 Å². The molecule has 3 fully saturated rings. The number of fused-ring (bicyclic) bond motifs is 2. The first-order valence-electron chi connectivity index (χ1n) is 7.60. The van der Waals surface area contributed by atoms with E-state index in [0.29, 0.717) is 11.9 Å². The van der Waals surface area contributed by atoms with E-state index in [1.54, 1.807) is 0 Å². The van der Waals surface area contributed by atoms with Crippen LogP contribution in [0.2, 0.25) is 0 Å². The first-order chi connectivity index (χ1) is 8.31. The molecule has 0 spiro atoms. The van der Waals surface area contributed by atoms with Gasteiger partial charge < -0.3 is 5.32 Å². The highest BCUT2D eigenvalue weighted by Crippen LogP contribution is 2.44. The molecule has 3 aliphatic rings. The van der Waals surface area contributed by atoms with Crippen LogP contribution < -0.4 is 5.32 Å². The van der Waals surface area contributed by atoms with Crippen LogP contribution in [0.1, 0.15) is 64.2 Å². The third-order valence-electron chi connectivity index (χ3n) is 5.34. The quantitative estimate of drug-likeness (QED) is 0.796. The zero-order chi connectivity index (χ0) is 11.7. The van der Waals surface area contributed by atoms with Crippen molar-refractivity contribution in [1.29, 1.82) is 0 Å². The van der Waals surface area contributed by atoms with E-state index in [4.69, 9.17) is 0 Å². The first-order valence-corrected chi connectivity index (χ1v) is 7.60. The van der Waals surface area contributed by atoms with E-state index in [0.717, 1.165) is 30.6 Å². The summed E-state index contributed by atoms with van der Waals surface area (Å²) in [6.45, 7) is 0. The van der Waals surface area contributed by atoms with Gasteiger partial charge in [-0.1, -0.05) is 32.1 Å². The molecule has 2 nitrogen and oxygen atoms in total. The average Bonchev–Trinajstić information content (AvgIpc) is 3.03. The van der Waals surface area contributed by atoms with Crippen molar-refractivity contribution >= 4 is 5.91 Å². The SMILES string of the molecule is O=C(CCC1CCCC1)NC1CC2CCC1C2. The van der Waals surface area contributed by atoms with Crippen LogP contribution in [0, 0.1) is 17.8 Å². The largest absolute Gasteiger partial charge is 0.353 e. The molecule has 0 aliphatic heterocycles. The van der Waals surface area contributed by atoms with E-state index in [-0.39, 0.29) is 0 Å². The summed E-state index contributed by atoms with van der Waals surface area (Å²) in [6, 6.07) is 0.532. The maximum atomic E-state index is 11.9. The number of hydrogen-bond donors (Lipinski definition) is 1. The number of amides is 1. The summed E-state index contributed by atoms with van der Waals surface area (Å²) in [5.41, 5.74) is 0. The average molecular weight is 235 g/mol. The lowest BCUT2D eigenvalue weighted by molar-refractivity contribution is -0.122. The van der Waals surface area contributed by atoms with Crippen molar-refractivity contribution in [1.82, 2.24) is 5.32 Å². The molecule has 3 unspecified atom stereocenters. The van der Waals surface area contributed by atoms with Crippen LogP contribution in [0.25, 0.3) is 0 Å². The highest BCUT2D eigenvalue weighted by Gasteiger charge is 2.39. The summed E-state index contributed by atoms with van der Waals surface area (Å²) >= 11 is 0. The number of carbonyl (C=O) groups is 1. The zero-order valence-electron chi connectivity index (χ0n) is 10.8. The molecule has 3 rings (SSSR count). The van der Waals surface area contributed by atoms with Gasteiger partial charge in [0.25, 0.3) is 0 Å². The van der Waals surface area contributed by atoms with Gasteiger partial charge >= 0.3 is 0 Å². The Morgan fingerprint density at radius 3 is 2.53 bits per heavy atom. The highest BCUT2D eigenvalue weighted by atomic mass is 16.1. The van der Waals surface area contributed by atoms with E-state index in [1.165, 1.54) is 51.4 Å².